The molecule has 2 rings (SSSR count). The van der Waals surface area contributed by atoms with Gasteiger partial charge >= 0.3 is 0 Å². The summed E-state index contributed by atoms with van der Waals surface area (Å²) in [6.07, 6.45) is 3.41. The summed E-state index contributed by atoms with van der Waals surface area (Å²) >= 11 is 5.71. The molecule has 0 spiro atoms. The summed E-state index contributed by atoms with van der Waals surface area (Å²) in [5.74, 6) is 1.18. The molecule has 1 atom stereocenters. The SMILES string of the molecule is CC1(C)CC1C(=O)N(CCCl)C1CC1. The van der Waals surface area contributed by atoms with Gasteiger partial charge in [-0.1, -0.05) is 13.8 Å². The topological polar surface area (TPSA) is 20.3 Å². The number of halogens is 1. The minimum absolute atomic E-state index is 0.247. The monoisotopic (exact) mass is 215 g/mol. The Hall–Kier alpha value is -0.240. The normalized spacial score (nSPS) is 28.6. The van der Waals surface area contributed by atoms with E-state index in [1.54, 1.807) is 0 Å². The molecule has 0 saturated heterocycles. The van der Waals surface area contributed by atoms with Crippen molar-refractivity contribution < 1.29 is 4.79 Å². The smallest absolute Gasteiger partial charge is 0.226 e. The largest absolute Gasteiger partial charge is 0.338 e. The van der Waals surface area contributed by atoms with Crippen LogP contribution in [0, 0.1) is 11.3 Å². The lowest BCUT2D eigenvalue weighted by molar-refractivity contribution is -0.133. The van der Waals surface area contributed by atoms with Gasteiger partial charge in [0.15, 0.2) is 0 Å². The number of hydrogen-bond acceptors (Lipinski definition) is 1. The second-order valence-corrected chi connectivity index (χ2v) is 5.58. The van der Waals surface area contributed by atoms with Crippen molar-refractivity contribution in [3.63, 3.8) is 0 Å². The van der Waals surface area contributed by atoms with E-state index in [1.807, 2.05) is 4.90 Å². The number of carbonyl (C=O) groups excluding carboxylic acids is 1. The van der Waals surface area contributed by atoms with Gasteiger partial charge in [0, 0.05) is 24.4 Å². The molecule has 2 nitrogen and oxygen atoms in total. The Labute approximate surface area is 90.6 Å². The van der Waals surface area contributed by atoms with Gasteiger partial charge in [0.1, 0.15) is 0 Å². The first-order valence-electron chi connectivity index (χ1n) is 5.43. The van der Waals surface area contributed by atoms with E-state index in [4.69, 9.17) is 11.6 Å². The first-order chi connectivity index (χ1) is 6.56. The molecule has 2 aliphatic carbocycles. The van der Waals surface area contributed by atoms with Crippen molar-refractivity contribution >= 4 is 17.5 Å². The van der Waals surface area contributed by atoms with E-state index in [0.29, 0.717) is 17.8 Å². The van der Waals surface area contributed by atoms with E-state index < -0.39 is 0 Å². The molecule has 0 aromatic heterocycles. The number of rotatable bonds is 4. The maximum absolute atomic E-state index is 12.1. The predicted octanol–water partition coefficient (Wildman–Crippen LogP) is 2.26. The number of carbonyl (C=O) groups is 1. The zero-order valence-electron chi connectivity index (χ0n) is 8.92. The molecule has 80 valence electrons. The summed E-state index contributed by atoms with van der Waals surface area (Å²) < 4.78 is 0. The molecular weight excluding hydrogens is 198 g/mol. The zero-order chi connectivity index (χ0) is 10.3. The van der Waals surface area contributed by atoms with Gasteiger partial charge in [-0.15, -0.1) is 11.6 Å². The van der Waals surface area contributed by atoms with E-state index in [0.717, 1.165) is 13.0 Å². The second-order valence-electron chi connectivity index (χ2n) is 5.20. The van der Waals surface area contributed by atoms with Gasteiger partial charge in [-0.3, -0.25) is 4.79 Å². The molecular formula is C11H18ClNO. The Balaban J connectivity index is 1.94. The average molecular weight is 216 g/mol. The number of alkyl halides is 1. The summed E-state index contributed by atoms with van der Waals surface area (Å²) in [6.45, 7) is 5.07. The molecule has 0 heterocycles. The van der Waals surface area contributed by atoms with Crippen LogP contribution in [-0.4, -0.2) is 29.3 Å². The van der Waals surface area contributed by atoms with Crippen molar-refractivity contribution in [1.29, 1.82) is 0 Å². The highest BCUT2D eigenvalue weighted by Crippen LogP contribution is 2.53. The Morgan fingerprint density at radius 1 is 1.50 bits per heavy atom. The molecule has 0 N–H and O–H groups in total. The minimum atomic E-state index is 0.247. The van der Waals surface area contributed by atoms with Crippen LogP contribution in [0.4, 0.5) is 0 Å². The summed E-state index contributed by atoms with van der Waals surface area (Å²) in [5.41, 5.74) is 0.247. The van der Waals surface area contributed by atoms with E-state index >= 15 is 0 Å². The maximum atomic E-state index is 12.1. The van der Waals surface area contributed by atoms with Gasteiger partial charge in [0.05, 0.1) is 0 Å². The van der Waals surface area contributed by atoms with Gasteiger partial charge in [-0.05, 0) is 24.7 Å². The van der Waals surface area contributed by atoms with Crippen LogP contribution in [0.2, 0.25) is 0 Å². The zero-order valence-corrected chi connectivity index (χ0v) is 9.68. The van der Waals surface area contributed by atoms with Crippen molar-refractivity contribution in [1.82, 2.24) is 4.90 Å². The lowest BCUT2D eigenvalue weighted by Crippen LogP contribution is -2.36. The van der Waals surface area contributed by atoms with Crippen LogP contribution in [0.3, 0.4) is 0 Å². The average Bonchev–Trinajstić information content (AvgIpc) is 2.97. The third-order valence-electron chi connectivity index (χ3n) is 3.41. The molecule has 3 heteroatoms. The first-order valence-corrected chi connectivity index (χ1v) is 5.96. The lowest BCUT2D eigenvalue weighted by atomic mass is 10.1. The highest BCUT2D eigenvalue weighted by atomic mass is 35.5. The Bertz CT molecular complexity index is 248. The van der Waals surface area contributed by atoms with Crippen molar-refractivity contribution in [2.24, 2.45) is 11.3 Å². The molecule has 0 aliphatic heterocycles. The van der Waals surface area contributed by atoms with E-state index in [1.165, 1.54) is 12.8 Å². The maximum Gasteiger partial charge on any atom is 0.226 e. The number of nitrogens with zero attached hydrogens (tertiary/aromatic N) is 1. The molecule has 0 aromatic rings. The summed E-state index contributed by atoms with van der Waals surface area (Å²) in [5, 5.41) is 0. The first kappa shape index (κ1) is 10.3. The fraction of sp³-hybridized carbons (Fsp3) is 0.909. The van der Waals surface area contributed by atoms with Crippen LogP contribution in [0.1, 0.15) is 33.1 Å². The molecule has 1 amide bonds. The minimum Gasteiger partial charge on any atom is -0.338 e. The Morgan fingerprint density at radius 3 is 2.43 bits per heavy atom. The van der Waals surface area contributed by atoms with Crippen LogP contribution < -0.4 is 0 Å². The van der Waals surface area contributed by atoms with Crippen LogP contribution in [-0.2, 0) is 4.79 Å². The molecule has 0 bridgehead atoms. The predicted molar refractivity (Wildman–Crippen MR) is 57.3 cm³/mol. The fourth-order valence-corrected chi connectivity index (χ4v) is 2.22. The Morgan fingerprint density at radius 2 is 2.07 bits per heavy atom. The van der Waals surface area contributed by atoms with Gasteiger partial charge in [-0.2, -0.15) is 0 Å². The van der Waals surface area contributed by atoms with E-state index in [-0.39, 0.29) is 11.3 Å². The third-order valence-corrected chi connectivity index (χ3v) is 3.58. The highest BCUT2D eigenvalue weighted by Gasteiger charge is 2.53. The van der Waals surface area contributed by atoms with Gasteiger partial charge in [-0.25, -0.2) is 0 Å². The van der Waals surface area contributed by atoms with Crippen LogP contribution >= 0.6 is 11.6 Å². The van der Waals surface area contributed by atoms with Crippen molar-refractivity contribution in [3.05, 3.63) is 0 Å². The van der Waals surface area contributed by atoms with Crippen LogP contribution in [0.15, 0.2) is 0 Å². The third kappa shape index (κ3) is 1.90. The molecule has 14 heavy (non-hydrogen) atoms. The Kier molecular flexibility index (Phi) is 2.50. The summed E-state index contributed by atoms with van der Waals surface area (Å²) in [7, 11) is 0. The summed E-state index contributed by atoms with van der Waals surface area (Å²) in [4.78, 5) is 14.1. The van der Waals surface area contributed by atoms with Gasteiger partial charge in [0.25, 0.3) is 0 Å². The molecule has 2 saturated carbocycles. The highest BCUT2D eigenvalue weighted by molar-refractivity contribution is 6.18. The van der Waals surface area contributed by atoms with E-state index in [2.05, 4.69) is 13.8 Å². The standard InChI is InChI=1S/C11H18ClNO/c1-11(2)7-9(11)10(14)13(6-5-12)8-3-4-8/h8-9H,3-7H2,1-2H3. The van der Waals surface area contributed by atoms with Gasteiger partial charge < -0.3 is 4.90 Å². The van der Waals surface area contributed by atoms with Gasteiger partial charge in [0.2, 0.25) is 5.91 Å². The molecule has 2 fully saturated rings. The molecule has 0 radical (unpaired) electrons. The van der Waals surface area contributed by atoms with Crippen LogP contribution in [0.25, 0.3) is 0 Å². The van der Waals surface area contributed by atoms with E-state index in [9.17, 15) is 4.79 Å². The van der Waals surface area contributed by atoms with Crippen molar-refractivity contribution in [2.75, 3.05) is 12.4 Å². The number of amides is 1. The van der Waals surface area contributed by atoms with Crippen LogP contribution in [0.5, 0.6) is 0 Å². The molecule has 2 aliphatic rings. The molecule has 0 aromatic carbocycles. The molecule has 1 unspecified atom stereocenters. The fourth-order valence-electron chi connectivity index (χ4n) is 2.04. The number of hydrogen-bond donors (Lipinski definition) is 0. The second kappa shape index (κ2) is 3.41. The van der Waals surface area contributed by atoms with Crippen molar-refractivity contribution in [2.45, 2.75) is 39.2 Å². The lowest BCUT2D eigenvalue weighted by Gasteiger charge is -2.22. The quantitative estimate of drug-likeness (QED) is 0.659. The summed E-state index contributed by atoms with van der Waals surface area (Å²) in [6, 6.07) is 0.512. The van der Waals surface area contributed by atoms with Crippen molar-refractivity contribution in [3.8, 4) is 0 Å².